The Kier molecular flexibility index (Phi) is 4.57. The Morgan fingerprint density at radius 3 is 2.52 bits per heavy atom. The van der Waals surface area contributed by atoms with Crippen LogP contribution in [0.25, 0.3) is 0 Å². The number of ether oxygens (including phenoxy) is 1. The van der Waals surface area contributed by atoms with Crippen LogP contribution in [0.1, 0.15) is 37.7 Å². The number of likely N-dealkylation sites (N-methyl/N-ethyl adjacent to an activating group) is 1. The number of hydrogen-bond donors (Lipinski definition) is 1. The molecule has 29 heavy (non-hydrogen) atoms. The van der Waals surface area contributed by atoms with Gasteiger partial charge in [-0.05, 0) is 55.4 Å². The monoisotopic (exact) mass is 398 g/mol. The van der Waals surface area contributed by atoms with Crippen molar-refractivity contribution in [1.29, 1.82) is 0 Å². The van der Waals surface area contributed by atoms with Crippen molar-refractivity contribution in [3.05, 3.63) is 35.9 Å². The van der Waals surface area contributed by atoms with Crippen LogP contribution in [-0.4, -0.2) is 59.2 Å². The first-order valence-electron chi connectivity index (χ1n) is 10.9. The lowest BCUT2D eigenvalue weighted by Crippen LogP contribution is -2.61. The van der Waals surface area contributed by atoms with Gasteiger partial charge >= 0.3 is 12.0 Å². The Balaban J connectivity index is 1.25. The number of carbonyl (C=O) groups excluding carboxylic acids is 1. The standard InChI is InChI=1S/C23H30N2O4/c1-24-19(14-29-13-15-5-3-2-4-6-15)12-25(22(24)28)20-17-7-16-8-18(20)11-23(9-16,10-17)21(26)27/h2-6,16-20H,7-14H2,1H3,(H,26,27). The molecule has 0 radical (unpaired) electrons. The highest BCUT2D eigenvalue weighted by molar-refractivity contribution is 5.78. The van der Waals surface area contributed by atoms with Crippen molar-refractivity contribution in [1.82, 2.24) is 9.80 Å². The number of nitrogens with zero attached hydrogens (tertiary/aromatic N) is 2. The fraction of sp³-hybridized carbons (Fsp3) is 0.652. The van der Waals surface area contributed by atoms with Gasteiger partial charge in [0.05, 0.1) is 24.7 Å². The normalized spacial score (nSPS) is 38.1. The Labute approximate surface area is 171 Å². The van der Waals surface area contributed by atoms with Crippen molar-refractivity contribution in [2.45, 2.75) is 50.8 Å². The summed E-state index contributed by atoms with van der Waals surface area (Å²) in [5.41, 5.74) is 0.608. The largest absolute Gasteiger partial charge is 0.481 e. The molecule has 5 aliphatic rings. The summed E-state index contributed by atoms with van der Waals surface area (Å²) >= 11 is 0. The van der Waals surface area contributed by atoms with Gasteiger partial charge < -0.3 is 19.6 Å². The summed E-state index contributed by atoms with van der Waals surface area (Å²) in [7, 11) is 1.87. The third-order valence-corrected chi connectivity index (χ3v) is 7.96. The van der Waals surface area contributed by atoms with Gasteiger partial charge in [-0.1, -0.05) is 30.3 Å². The molecule has 4 bridgehead atoms. The minimum atomic E-state index is -0.618. The Hall–Kier alpha value is -2.08. The molecule has 6 rings (SSSR count). The van der Waals surface area contributed by atoms with Crippen LogP contribution < -0.4 is 0 Å². The van der Waals surface area contributed by atoms with E-state index in [4.69, 9.17) is 4.74 Å². The second-order valence-electron chi connectivity index (χ2n) is 9.75. The average molecular weight is 399 g/mol. The number of aliphatic carboxylic acids is 1. The van der Waals surface area contributed by atoms with Gasteiger partial charge in [-0.2, -0.15) is 0 Å². The molecule has 6 heteroatoms. The summed E-state index contributed by atoms with van der Waals surface area (Å²) < 4.78 is 5.93. The van der Waals surface area contributed by atoms with Crippen LogP contribution in [0, 0.1) is 23.2 Å². The lowest BCUT2D eigenvalue weighted by atomic mass is 9.47. The van der Waals surface area contributed by atoms with Crippen molar-refractivity contribution in [3.63, 3.8) is 0 Å². The highest BCUT2D eigenvalue weighted by Crippen LogP contribution is 2.61. The van der Waals surface area contributed by atoms with Crippen LogP contribution in [0.5, 0.6) is 0 Å². The molecule has 6 nitrogen and oxygen atoms in total. The number of hydrogen-bond acceptors (Lipinski definition) is 3. The van der Waals surface area contributed by atoms with E-state index in [0.29, 0.717) is 37.5 Å². The molecule has 4 saturated carbocycles. The van der Waals surface area contributed by atoms with Gasteiger partial charge in [0.1, 0.15) is 0 Å². The molecular formula is C23H30N2O4. The second-order valence-corrected chi connectivity index (χ2v) is 9.75. The van der Waals surface area contributed by atoms with Gasteiger partial charge in [-0.3, -0.25) is 4.79 Å². The molecular weight excluding hydrogens is 368 g/mol. The van der Waals surface area contributed by atoms with E-state index >= 15 is 0 Å². The zero-order valence-corrected chi connectivity index (χ0v) is 17.0. The summed E-state index contributed by atoms with van der Waals surface area (Å²) in [4.78, 5) is 28.9. The molecule has 0 aromatic heterocycles. The Morgan fingerprint density at radius 1 is 1.17 bits per heavy atom. The molecule has 0 spiro atoms. The predicted molar refractivity (Wildman–Crippen MR) is 107 cm³/mol. The van der Waals surface area contributed by atoms with Crippen LogP contribution in [0.3, 0.4) is 0 Å². The van der Waals surface area contributed by atoms with Gasteiger partial charge in [0, 0.05) is 19.6 Å². The quantitative estimate of drug-likeness (QED) is 0.799. The van der Waals surface area contributed by atoms with Crippen LogP contribution in [-0.2, 0) is 16.1 Å². The van der Waals surface area contributed by atoms with Gasteiger partial charge in [-0.15, -0.1) is 0 Å². The molecule has 1 aromatic carbocycles. The molecule has 4 aliphatic carbocycles. The third-order valence-electron chi connectivity index (χ3n) is 7.96. The number of amides is 2. The zero-order valence-electron chi connectivity index (χ0n) is 17.0. The Bertz CT molecular complexity index is 781. The smallest absolute Gasteiger partial charge is 0.320 e. The van der Waals surface area contributed by atoms with Crippen LogP contribution in [0.4, 0.5) is 4.79 Å². The number of benzene rings is 1. The first kappa shape index (κ1) is 18.9. The molecule has 2 amide bonds. The van der Waals surface area contributed by atoms with E-state index in [9.17, 15) is 14.7 Å². The number of carbonyl (C=O) groups is 2. The van der Waals surface area contributed by atoms with Gasteiger partial charge in [0.25, 0.3) is 0 Å². The highest BCUT2D eigenvalue weighted by atomic mass is 16.5. The highest BCUT2D eigenvalue weighted by Gasteiger charge is 2.61. The van der Waals surface area contributed by atoms with Crippen LogP contribution in [0.15, 0.2) is 30.3 Å². The summed E-state index contributed by atoms with van der Waals surface area (Å²) in [6.45, 7) is 1.76. The molecule has 1 aliphatic heterocycles. The minimum Gasteiger partial charge on any atom is -0.481 e. The number of rotatable bonds is 6. The third kappa shape index (κ3) is 3.12. The molecule has 156 valence electrons. The van der Waals surface area contributed by atoms with Crippen molar-refractivity contribution < 1.29 is 19.4 Å². The van der Waals surface area contributed by atoms with E-state index < -0.39 is 11.4 Å². The summed E-state index contributed by atoms with van der Waals surface area (Å²) in [6, 6.07) is 10.4. The van der Waals surface area contributed by atoms with Gasteiger partial charge in [-0.25, -0.2) is 4.79 Å². The van der Waals surface area contributed by atoms with E-state index in [2.05, 4.69) is 4.90 Å². The molecule has 3 unspecified atom stereocenters. The Morgan fingerprint density at radius 2 is 1.86 bits per heavy atom. The predicted octanol–water partition coefficient (Wildman–Crippen LogP) is 3.22. The summed E-state index contributed by atoms with van der Waals surface area (Å²) in [5.74, 6) is 0.574. The lowest BCUT2D eigenvalue weighted by molar-refractivity contribution is -0.170. The number of carboxylic acids is 1. The topological polar surface area (TPSA) is 70.1 Å². The van der Waals surface area contributed by atoms with E-state index in [0.717, 1.165) is 37.7 Å². The zero-order chi connectivity index (χ0) is 20.2. The summed E-state index contributed by atoms with van der Waals surface area (Å²) in [6.07, 6.45) is 4.48. The van der Waals surface area contributed by atoms with Crippen molar-refractivity contribution in [2.24, 2.45) is 23.2 Å². The SMILES string of the molecule is CN1C(=O)N(C2C3CC4CC2CC(C(=O)O)(C4)C3)CC1COCc1ccccc1. The minimum absolute atomic E-state index is 0.0526. The lowest BCUT2D eigenvalue weighted by Gasteiger charge is -2.59. The molecule has 5 fully saturated rings. The second kappa shape index (κ2) is 7.01. The molecule has 1 heterocycles. The fourth-order valence-electron chi connectivity index (χ4n) is 6.86. The average Bonchev–Trinajstić information content (AvgIpc) is 2.97. The van der Waals surface area contributed by atoms with Crippen LogP contribution in [0.2, 0.25) is 0 Å². The summed E-state index contributed by atoms with van der Waals surface area (Å²) in [5, 5.41) is 9.85. The van der Waals surface area contributed by atoms with Crippen molar-refractivity contribution in [2.75, 3.05) is 20.2 Å². The van der Waals surface area contributed by atoms with Crippen molar-refractivity contribution >= 4 is 12.0 Å². The van der Waals surface area contributed by atoms with E-state index in [1.807, 2.05) is 42.3 Å². The molecule has 3 atom stereocenters. The van der Waals surface area contributed by atoms with Crippen molar-refractivity contribution in [3.8, 4) is 0 Å². The first-order valence-corrected chi connectivity index (χ1v) is 10.9. The molecule has 1 aromatic rings. The molecule has 1 N–H and O–H groups in total. The maximum Gasteiger partial charge on any atom is 0.320 e. The number of carboxylic acid groups (broad SMARTS) is 1. The fourth-order valence-corrected chi connectivity index (χ4v) is 6.86. The maximum absolute atomic E-state index is 13.1. The van der Waals surface area contributed by atoms with Gasteiger partial charge in [0.2, 0.25) is 0 Å². The van der Waals surface area contributed by atoms with E-state index in [-0.39, 0.29) is 18.1 Å². The first-order chi connectivity index (χ1) is 14.0. The van der Waals surface area contributed by atoms with E-state index in [1.165, 1.54) is 0 Å². The number of urea groups is 1. The van der Waals surface area contributed by atoms with Crippen LogP contribution >= 0.6 is 0 Å². The van der Waals surface area contributed by atoms with Gasteiger partial charge in [0.15, 0.2) is 0 Å². The van der Waals surface area contributed by atoms with E-state index in [1.54, 1.807) is 0 Å². The molecule has 1 saturated heterocycles. The maximum atomic E-state index is 13.1.